The average molecular weight is 330 g/mol. The molecule has 24 heavy (non-hydrogen) atoms. The van der Waals surface area contributed by atoms with Crippen molar-refractivity contribution >= 4 is 17.6 Å². The maximum Gasteiger partial charge on any atom is 0.335 e. The minimum absolute atomic E-state index is 0.178. The van der Waals surface area contributed by atoms with Crippen LogP contribution in [0.5, 0.6) is 0 Å². The van der Waals surface area contributed by atoms with E-state index in [1.165, 1.54) is 57.6 Å². The number of benzene rings is 1. The molecule has 4 bridgehead atoms. The summed E-state index contributed by atoms with van der Waals surface area (Å²) in [7, 11) is 0. The van der Waals surface area contributed by atoms with Gasteiger partial charge in [-0.2, -0.15) is 0 Å². The first-order chi connectivity index (χ1) is 11.3. The number of nitrogens with two attached hydrogens (primary N) is 1. The van der Waals surface area contributed by atoms with Gasteiger partial charge in [-0.25, -0.2) is 4.79 Å². The lowest BCUT2D eigenvalue weighted by molar-refractivity contribution is -0.114. The molecule has 4 saturated carbocycles. The SMILES string of the molecule is CC(=O)Nc1ccc(C(=O)O)cc1.NC12CC3CC(CC(C3)C1)C2. The highest BCUT2D eigenvalue weighted by Gasteiger charge is 2.48. The molecule has 4 N–H and O–H groups in total. The third kappa shape index (κ3) is 3.96. The van der Waals surface area contributed by atoms with E-state index in [0.717, 1.165) is 17.8 Å². The molecule has 1 aromatic carbocycles. The topological polar surface area (TPSA) is 92.4 Å². The van der Waals surface area contributed by atoms with Gasteiger partial charge in [0.1, 0.15) is 0 Å². The maximum atomic E-state index is 10.6. The molecule has 1 aromatic rings. The zero-order chi connectivity index (χ0) is 17.3. The first-order valence-corrected chi connectivity index (χ1v) is 8.73. The minimum Gasteiger partial charge on any atom is -0.478 e. The van der Waals surface area contributed by atoms with Crippen molar-refractivity contribution in [3.63, 3.8) is 0 Å². The Labute approximate surface area is 142 Å². The van der Waals surface area contributed by atoms with Crippen molar-refractivity contribution in [1.29, 1.82) is 0 Å². The molecule has 4 aliphatic carbocycles. The molecule has 0 saturated heterocycles. The van der Waals surface area contributed by atoms with Gasteiger partial charge in [-0.3, -0.25) is 4.79 Å². The zero-order valence-electron chi connectivity index (χ0n) is 14.1. The van der Waals surface area contributed by atoms with Crippen LogP contribution in [0.4, 0.5) is 5.69 Å². The van der Waals surface area contributed by atoms with Gasteiger partial charge in [-0.1, -0.05) is 0 Å². The van der Waals surface area contributed by atoms with Gasteiger partial charge in [-0.15, -0.1) is 0 Å². The largest absolute Gasteiger partial charge is 0.478 e. The Morgan fingerprint density at radius 1 is 1.04 bits per heavy atom. The molecule has 4 fully saturated rings. The van der Waals surface area contributed by atoms with Crippen molar-refractivity contribution in [2.75, 3.05) is 5.32 Å². The standard InChI is InChI=1S/C10H17N.C9H9NO3/c11-10-4-7-1-8(5-10)3-9(2-7)6-10;1-6(11)10-8-4-2-7(3-5-8)9(12)13/h7-9H,1-6,11H2;2-5H,1H3,(H,10,11)(H,12,13). The highest BCUT2D eigenvalue weighted by atomic mass is 16.4. The highest BCUT2D eigenvalue weighted by molar-refractivity contribution is 5.91. The second-order valence-electron chi connectivity index (χ2n) is 7.84. The molecule has 1 amide bonds. The monoisotopic (exact) mass is 330 g/mol. The smallest absolute Gasteiger partial charge is 0.335 e. The fraction of sp³-hybridized carbons (Fsp3) is 0.579. The van der Waals surface area contributed by atoms with E-state index in [1.807, 2.05) is 0 Å². The summed E-state index contributed by atoms with van der Waals surface area (Å²) in [4.78, 5) is 21.1. The lowest BCUT2D eigenvalue weighted by atomic mass is 9.53. The van der Waals surface area contributed by atoms with Crippen molar-refractivity contribution in [3.8, 4) is 0 Å². The normalized spacial score (nSPS) is 32.7. The van der Waals surface area contributed by atoms with Crippen molar-refractivity contribution in [2.24, 2.45) is 23.5 Å². The van der Waals surface area contributed by atoms with Gasteiger partial charge >= 0.3 is 5.97 Å². The van der Waals surface area contributed by atoms with E-state index in [1.54, 1.807) is 12.1 Å². The van der Waals surface area contributed by atoms with Gasteiger partial charge in [-0.05, 0) is 80.5 Å². The number of aromatic carboxylic acids is 1. The lowest BCUT2D eigenvalue weighted by Gasteiger charge is -2.55. The summed E-state index contributed by atoms with van der Waals surface area (Å²) in [6.07, 6.45) is 8.57. The van der Waals surface area contributed by atoms with Crippen LogP contribution in [0.15, 0.2) is 24.3 Å². The molecule has 0 spiro atoms. The summed E-state index contributed by atoms with van der Waals surface area (Å²) in [5, 5.41) is 11.1. The first kappa shape index (κ1) is 17.0. The Hall–Kier alpha value is -1.88. The second-order valence-corrected chi connectivity index (χ2v) is 7.84. The molecular formula is C19H26N2O3. The zero-order valence-corrected chi connectivity index (χ0v) is 14.1. The Kier molecular flexibility index (Phi) is 4.63. The van der Waals surface area contributed by atoms with E-state index >= 15 is 0 Å². The molecule has 5 rings (SSSR count). The molecule has 130 valence electrons. The predicted octanol–water partition coefficient (Wildman–Crippen LogP) is 3.26. The van der Waals surface area contributed by atoms with Crippen LogP contribution in [0, 0.1) is 17.8 Å². The van der Waals surface area contributed by atoms with Gasteiger partial charge in [0.05, 0.1) is 5.56 Å². The molecular weight excluding hydrogens is 304 g/mol. The Morgan fingerprint density at radius 2 is 1.50 bits per heavy atom. The third-order valence-corrected chi connectivity index (χ3v) is 5.54. The van der Waals surface area contributed by atoms with E-state index in [9.17, 15) is 9.59 Å². The molecule has 0 unspecified atom stereocenters. The number of rotatable bonds is 2. The van der Waals surface area contributed by atoms with E-state index in [2.05, 4.69) is 5.32 Å². The Balaban J connectivity index is 0.000000142. The Bertz CT molecular complexity index is 589. The summed E-state index contributed by atoms with van der Waals surface area (Å²) < 4.78 is 0. The number of carbonyl (C=O) groups is 2. The molecule has 5 heteroatoms. The lowest BCUT2D eigenvalue weighted by Crippen LogP contribution is -2.55. The number of hydrogen-bond donors (Lipinski definition) is 3. The number of hydrogen-bond acceptors (Lipinski definition) is 3. The van der Waals surface area contributed by atoms with Crippen molar-refractivity contribution < 1.29 is 14.7 Å². The quantitative estimate of drug-likeness (QED) is 0.776. The summed E-state index contributed by atoms with van der Waals surface area (Å²) in [5.74, 6) is 1.90. The maximum absolute atomic E-state index is 10.6. The van der Waals surface area contributed by atoms with Crippen LogP contribution in [-0.4, -0.2) is 22.5 Å². The fourth-order valence-corrected chi connectivity index (χ4v) is 5.08. The van der Waals surface area contributed by atoms with Crippen molar-refractivity contribution in [2.45, 2.75) is 51.0 Å². The number of carboxylic acid groups (broad SMARTS) is 1. The summed E-state index contributed by atoms with van der Waals surface area (Å²) in [6.45, 7) is 1.39. The number of amides is 1. The third-order valence-electron chi connectivity index (χ3n) is 5.54. The van der Waals surface area contributed by atoms with Crippen LogP contribution < -0.4 is 11.1 Å². The predicted molar refractivity (Wildman–Crippen MR) is 92.8 cm³/mol. The number of nitrogens with one attached hydrogen (secondary N) is 1. The van der Waals surface area contributed by atoms with E-state index < -0.39 is 5.97 Å². The molecule has 5 nitrogen and oxygen atoms in total. The van der Waals surface area contributed by atoms with Crippen LogP contribution in [0.3, 0.4) is 0 Å². The number of carboxylic acids is 1. The molecule has 0 heterocycles. The molecule has 0 radical (unpaired) electrons. The molecule has 4 aliphatic rings. The fourth-order valence-electron chi connectivity index (χ4n) is 5.08. The van der Waals surface area contributed by atoms with Gasteiger partial charge < -0.3 is 16.2 Å². The minimum atomic E-state index is -0.977. The van der Waals surface area contributed by atoms with E-state index in [4.69, 9.17) is 10.8 Å². The van der Waals surface area contributed by atoms with E-state index in [0.29, 0.717) is 11.2 Å². The molecule has 0 aromatic heterocycles. The highest BCUT2D eigenvalue weighted by Crippen LogP contribution is 2.54. The van der Waals surface area contributed by atoms with Gasteiger partial charge in [0, 0.05) is 18.2 Å². The van der Waals surface area contributed by atoms with Crippen LogP contribution in [-0.2, 0) is 4.79 Å². The van der Waals surface area contributed by atoms with Crippen molar-refractivity contribution in [3.05, 3.63) is 29.8 Å². The van der Waals surface area contributed by atoms with Gasteiger partial charge in [0.15, 0.2) is 0 Å². The average Bonchev–Trinajstić information content (AvgIpc) is 2.45. The number of carbonyl (C=O) groups excluding carboxylic acids is 1. The van der Waals surface area contributed by atoms with Gasteiger partial charge in [0.25, 0.3) is 0 Å². The van der Waals surface area contributed by atoms with Crippen LogP contribution in [0.25, 0.3) is 0 Å². The van der Waals surface area contributed by atoms with Crippen LogP contribution >= 0.6 is 0 Å². The Morgan fingerprint density at radius 3 is 1.83 bits per heavy atom. The summed E-state index contributed by atoms with van der Waals surface area (Å²) in [6, 6.07) is 5.97. The van der Waals surface area contributed by atoms with Crippen LogP contribution in [0.1, 0.15) is 55.8 Å². The molecule has 0 atom stereocenters. The summed E-state index contributed by atoms with van der Waals surface area (Å²) >= 11 is 0. The summed E-state index contributed by atoms with van der Waals surface area (Å²) in [5.41, 5.74) is 7.42. The van der Waals surface area contributed by atoms with Gasteiger partial charge in [0.2, 0.25) is 5.91 Å². The van der Waals surface area contributed by atoms with E-state index in [-0.39, 0.29) is 11.5 Å². The molecule has 0 aliphatic heterocycles. The van der Waals surface area contributed by atoms with Crippen molar-refractivity contribution in [1.82, 2.24) is 0 Å². The second kappa shape index (κ2) is 6.55. The first-order valence-electron chi connectivity index (χ1n) is 8.73. The van der Waals surface area contributed by atoms with Crippen LogP contribution in [0.2, 0.25) is 0 Å². The number of anilines is 1.